The first kappa shape index (κ1) is 16.7. The van der Waals surface area contributed by atoms with Crippen molar-refractivity contribution in [2.24, 2.45) is 0 Å². The average molecular weight is 353 g/mol. The highest BCUT2D eigenvalue weighted by molar-refractivity contribution is 7.92. The van der Waals surface area contributed by atoms with Gasteiger partial charge in [-0.15, -0.1) is 0 Å². The topological polar surface area (TPSA) is 83.5 Å². The lowest BCUT2D eigenvalue weighted by atomic mass is 10.1. The van der Waals surface area contributed by atoms with Crippen molar-refractivity contribution in [3.8, 4) is 0 Å². The number of sulfonamides is 1. The molecule has 0 spiro atoms. The minimum Gasteiger partial charge on any atom is -0.478 e. The van der Waals surface area contributed by atoms with E-state index in [9.17, 15) is 13.2 Å². The van der Waals surface area contributed by atoms with Crippen LogP contribution in [-0.4, -0.2) is 19.5 Å². The Bertz CT molecular complexity index is 1070. The van der Waals surface area contributed by atoms with Gasteiger partial charge < -0.3 is 5.11 Å². The zero-order valence-corrected chi connectivity index (χ0v) is 13.9. The van der Waals surface area contributed by atoms with Gasteiger partial charge in [0.25, 0.3) is 10.0 Å². The molecule has 0 heterocycles. The molecule has 0 saturated carbocycles. The number of carboxylic acids is 1. The number of carbonyl (C=O) groups is 1. The lowest BCUT2D eigenvalue weighted by molar-refractivity contribution is -0.131. The van der Waals surface area contributed by atoms with Crippen LogP contribution in [0, 0.1) is 0 Å². The Morgan fingerprint density at radius 1 is 0.920 bits per heavy atom. The van der Waals surface area contributed by atoms with Crippen molar-refractivity contribution in [3.63, 3.8) is 0 Å². The highest BCUT2D eigenvalue weighted by Crippen LogP contribution is 2.22. The maximum Gasteiger partial charge on any atom is 0.328 e. The molecule has 126 valence electrons. The molecular formula is C19H15NO4S. The second kappa shape index (κ2) is 6.78. The predicted octanol–water partition coefficient (Wildman–Crippen LogP) is 3.74. The van der Waals surface area contributed by atoms with E-state index in [1.807, 2.05) is 30.3 Å². The molecule has 0 unspecified atom stereocenters. The summed E-state index contributed by atoms with van der Waals surface area (Å²) < 4.78 is 27.7. The number of hydrogen-bond acceptors (Lipinski definition) is 3. The van der Waals surface area contributed by atoms with E-state index in [0.717, 1.165) is 16.8 Å². The van der Waals surface area contributed by atoms with Crippen LogP contribution in [-0.2, 0) is 14.8 Å². The monoisotopic (exact) mass is 353 g/mol. The molecule has 0 bridgehead atoms. The van der Waals surface area contributed by atoms with Gasteiger partial charge in [-0.2, -0.15) is 0 Å². The van der Waals surface area contributed by atoms with Crippen LogP contribution in [0.1, 0.15) is 5.56 Å². The first-order chi connectivity index (χ1) is 11.9. The number of benzene rings is 3. The van der Waals surface area contributed by atoms with Gasteiger partial charge in [0, 0.05) is 11.8 Å². The Balaban J connectivity index is 1.90. The fourth-order valence-corrected chi connectivity index (χ4v) is 3.52. The Morgan fingerprint density at radius 3 is 2.44 bits per heavy atom. The summed E-state index contributed by atoms with van der Waals surface area (Å²) in [5.74, 6) is -1.09. The van der Waals surface area contributed by atoms with Crippen molar-refractivity contribution in [1.82, 2.24) is 0 Å². The molecule has 0 saturated heterocycles. The van der Waals surface area contributed by atoms with Gasteiger partial charge in [0.2, 0.25) is 0 Å². The van der Waals surface area contributed by atoms with Crippen LogP contribution in [0.3, 0.4) is 0 Å². The number of fused-ring (bicyclic) bond motifs is 1. The summed E-state index contributed by atoms with van der Waals surface area (Å²) in [5, 5.41) is 10.6. The minimum absolute atomic E-state index is 0.0631. The first-order valence-electron chi connectivity index (χ1n) is 7.47. The second-order valence-electron chi connectivity index (χ2n) is 5.41. The van der Waals surface area contributed by atoms with Gasteiger partial charge in [-0.05, 0) is 46.7 Å². The van der Waals surface area contributed by atoms with Crippen molar-refractivity contribution in [1.29, 1.82) is 0 Å². The van der Waals surface area contributed by atoms with E-state index >= 15 is 0 Å². The fraction of sp³-hybridized carbons (Fsp3) is 0. The van der Waals surface area contributed by atoms with E-state index in [2.05, 4.69) is 4.72 Å². The lowest BCUT2D eigenvalue weighted by Gasteiger charge is -2.09. The lowest BCUT2D eigenvalue weighted by Crippen LogP contribution is -2.13. The Labute approximate surface area is 145 Å². The third-order valence-electron chi connectivity index (χ3n) is 3.59. The van der Waals surface area contributed by atoms with E-state index < -0.39 is 16.0 Å². The Hall–Kier alpha value is -3.12. The molecule has 0 aliphatic carbocycles. The molecule has 3 aromatic carbocycles. The highest BCUT2D eigenvalue weighted by atomic mass is 32.2. The van der Waals surface area contributed by atoms with Gasteiger partial charge in [-0.1, -0.05) is 42.5 Å². The molecule has 3 aromatic rings. The number of carboxylic acid groups (broad SMARTS) is 1. The number of hydrogen-bond donors (Lipinski definition) is 2. The molecule has 2 N–H and O–H groups in total. The molecule has 0 amide bonds. The van der Waals surface area contributed by atoms with E-state index in [1.54, 1.807) is 24.3 Å². The van der Waals surface area contributed by atoms with Crippen molar-refractivity contribution in [2.45, 2.75) is 4.90 Å². The third-order valence-corrected chi connectivity index (χ3v) is 4.97. The zero-order valence-electron chi connectivity index (χ0n) is 13.1. The van der Waals surface area contributed by atoms with Gasteiger partial charge in [-0.3, -0.25) is 4.72 Å². The molecule has 0 atom stereocenters. The first-order valence-corrected chi connectivity index (χ1v) is 8.95. The van der Waals surface area contributed by atoms with Crippen LogP contribution in [0.15, 0.2) is 77.7 Å². The third kappa shape index (κ3) is 4.05. The number of rotatable bonds is 5. The van der Waals surface area contributed by atoms with E-state index in [0.29, 0.717) is 11.3 Å². The van der Waals surface area contributed by atoms with Crippen LogP contribution >= 0.6 is 0 Å². The van der Waals surface area contributed by atoms with Gasteiger partial charge in [0.1, 0.15) is 0 Å². The number of aliphatic carboxylic acids is 1. The molecule has 0 aromatic heterocycles. The summed E-state index contributed by atoms with van der Waals surface area (Å²) in [7, 11) is -3.77. The van der Waals surface area contributed by atoms with Crippen molar-refractivity contribution >= 4 is 38.5 Å². The molecule has 0 radical (unpaired) electrons. The molecule has 25 heavy (non-hydrogen) atoms. The summed E-state index contributed by atoms with van der Waals surface area (Å²) in [4.78, 5) is 10.6. The van der Waals surface area contributed by atoms with E-state index in [4.69, 9.17) is 5.11 Å². The zero-order chi connectivity index (χ0) is 17.9. The van der Waals surface area contributed by atoms with Gasteiger partial charge in [0.15, 0.2) is 0 Å². The molecular weight excluding hydrogens is 338 g/mol. The molecule has 3 rings (SSSR count). The normalized spacial score (nSPS) is 11.7. The molecule has 0 aliphatic heterocycles. The molecule has 6 heteroatoms. The SMILES string of the molecule is O=C(O)/C=C/c1cccc(S(=O)(=O)Nc2ccc3ccccc3c2)c1. The minimum atomic E-state index is -3.77. The summed E-state index contributed by atoms with van der Waals surface area (Å²) in [5.41, 5.74) is 0.953. The van der Waals surface area contributed by atoms with Crippen LogP contribution in [0.25, 0.3) is 16.8 Å². The predicted molar refractivity (Wildman–Crippen MR) is 97.9 cm³/mol. The average Bonchev–Trinajstić information content (AvgIpc) is 2.60. The fourth-order valence-electron chi connectivity index (χ4n) is 2.42. The summed E-state index contributed by atoms with van der Waals surface area (Å²) in [6.07, 6.45) is 2.31. The number of nitrogens with one attached hydrogen (secondary N) is 1. The van der Waals surface area contributed by atoms with E-state index in [1.165, 1.54) is 18.2 Å². The standard InChI is InChI=1S/C19H15NO4S/c21-19(22)11-8-14-4-3-7-18(12-14)25(23,24)20-17-10-9-15-5-1-2-6-16(15)13-17/h1-13,20H,(H,21,22)/b11-8+. The quantitative estimate of drug-likeness (QED) is 0.685. The summed E-state index contributed by atoms with van der Waals surface area (Å²) in [6.45, 7) is 0. The molecule has 5 nitrogen and oxygen atoms in total. The molecule has 0 aliphatic rings. The maximum absolute atomic E-state index is 12.6. The second-order valence-corrected chi connectivity index (χ2v) is 7.09. The summed E-state index contributed by atoms with van der Waals surface area (Å²) >= 11 is 0. The van der Waals surface area contributed by atoms with Crippen molar-refractivity contribution in [2.75, 3.05) is 4.72 Å². The Kier molecular flexibility index (Phi) is 4.54. The van der Waals surface area contributed by atoms with Gasteiger partial charge in [0.05, 0.1) is 4.90 Å². The van der Waals surface area contributed by atoms with Gasteiger partial charge >= 0.3 is 5.97 Å². The van der Waals surface area contributed by atoms with E-state index in [-0.39, 0.29) is 4.90 Å². The smallest absolute Gasteiger partial charge is 0.328 e. The largest absolute Gasteiger partial charge is 0.478 e. The maximum atomic E-state index is 12.6. The van der Waals surface area contributed by atoms with Crippen LogP contribution in [0.5, 0.6) is 0 Å². The number of anilines is 1. The van der Waals surface area contributed by atoms with Crippen molar-refractivity contribution < 1.29 is 18.3 Å². The Morgan fingerprint density at radius 2 is 1.68 bits per heavy atom. The summed E-state index contributed by atoms with van der Waals surface area (Å²) in [6, 6.07) is 19.1. The van der Waals surface area contributed by atoms with Crippen LogP contribution in [0.4, 0.5) is 5.69 Å². The van der Waals surface area contributed by atoms with Crippen LogP contribution < -0.4 is 4.72 Å². The highest BCUT2D eigenvalue weighted by Gasteiger charge is 2.14. The van der Waals surface area contributed by atoms with Gasteiger partial charge in [-0.25, -0.2) is 13.2 Å². The molecule has 0 fully saturated rings. The van der Waals surface area contributed by atoms with Crippen LogP contribution in [0.2, 0.25) is 0 Å². The van der Waals surface area contributed by atoms with Crippen molar-refractivity contribution in [3.05, 3.63) is 78.4 Å².